The molecule has 6 nitrogen and oxygen atoms in total. The quantitative estimate of drug-likeness (QED) is 0.636. The molecule has 4 amide bonds. The van der Waals surface area contributed by atoms with Crippen molar-refractivity contribution in [2.75, 3.05) is 14.1 Å². The average molecular weight is 383 g/mol. The molecule has 1 heterocycles. The Kier molecular flexibility index (Phi) is 5.81. The maximum absolute atomic E-state index is 12.7. The highest BCUT2D eigenvalue weighted by atomic mass is 32.2. The van der Waals surface area contributed by atoms with Gasteiger partial charge >= 0.3 is 6.03 Å². The summed E-state index contributed by atoms with van der Waals surface area (Å²) >= 11 is 1.11. The van der Waals surface area contributed by atoms with Gasteiger partial charge < -0.3 is 10.2 Å². The number of amides is 4. The number of nitrogens with zero attached hydrogens (tertiary/aromatic N) is 2. The van der Waals surface area contributed by atoms with E-state index in [4.69, 9.17) is 0 Å². The molecular weight excluding hydrogens is 362 g/mol. The van der Waals surface area contributed by atoms with Crippen LogP contribution in [0.2, 0.25) is 0 Å². The largest absolute Gasteiger partial charge is 0.339 e. The third-order valence-corrected chi connectivity index (χ3v) is 5.23. The Morgan fingerprint density at radius 1 is 1.07 bits per heavy atom. The summed E-state index contributed by atoms with van der Waals surface area (Å²) in [5.41, 5.74) is 1.80. The third kappa shape index (κ3) is 4.68. The van der Waals surface area contributed by atoms with Crippen LogP contribution in [-0.2, 0) is 17.8 Å². The molecule has 1 saturated heterocycles. The molecule has 0 unspecified atom stereocenters. The number of hydrogen-bond acceptors (Lipinski definition) is 4. The smallest absolute Gasteiger partial charge is 0.325 e. The lowest BCUT2D eigenvalue weighted by molar-refractivity contribution is -0.127. The molecule has 140 valence electrons. The van der Waals surface area contributed by atoms with Gasteiger partial charge in [-0.25, -0.2) is 4.79 Å². The molecule has 1 fully saturated rings. The summed E-state index contributed by atoms with van der Waals surface area (Å²) < 4.78 is 0. The van der Waals surface area contributed by atoms with E-state index >= 15 is 0 Å². The standard InChI is InChI=1S/C20H21N3O3S/c1-22(2)20(26)27-16-10-6-9-15(11-16)13-23-18(24)17(21-19(23)25)12-14-7-4-3-5-8-14/h3-11,17H,12-13H2,1-2H3,(H,21,25)/t17-/m0/s1. The van der Waals surface area contributed by atoms with E-state index in [9.17, 15) is 14.4 Å². The lowest BCUT2D eigenvalue weighted by Gasteiger charge is -2.14. The summed E-state index contributed by atoms with van der Waals surface area (Å²) in [5, 5.41) is 2.68. The van der Waals surface area contributed by atoms with Crippen molar-refractivity contribution in [3.05, 3.63) is 65.7 Å². The monoisotopic (exact) mass is 383 g/mol. The van der Waals surface area contributed by atoms with Crippen molar-refractivity contribution in [3.8, 4) is 0 Å². The van der Waals surface area contributed by atoms with Crippen LogP contribution in [0, 0.1) is 0 Å². The zero-order valence-electron chi connectivity index (χ0n) is 15.2. The summed E-state index contributed by atoms with van der Waals surface area (Å²) in [5.74, 6) is -0.230. The number of imide groups is 1. The van der Waals surface area contributed by atoms with Crippen molar-refractivity contribution in [1.82, 2.24) is 15.1 Å². The van der Waals surface area contributed by atoms with Gasteiger partial charge in [0.25, 0.3) is 11.1 Å². The van der Waals surface area contributed by atoms with Gasteiger partial charge in [0.1, 0.15) is 6.04 Å². The van der Waals surface area contributed by atoms with Crippen LogP contribution in [0.15, 0.2) is 59.5 Å². The van der Waals surface area contributed by atoms with Crippen LogP contribution in [-0.4, -0.2) is 47.1 Å². The SMILES string of the molecule is CN(C)C(=O)Sc1cccc(CN2C(=O)N[C@@H](Cc3ccccc3)C2=O)c1. The molecular formula is C20H21N3O3S. The number of carbonyl (C=O) groups excluding carboxylic acids is 3. The van der Waals surface area contributed by atoms with Crippen LogP contribution in [0.5, 0.6) is 0 Å². The number of nitrogens with one attached hydrogen (secondary N) is 1. The number of urea groups is 1. The van der Waals surface area contributed by atoms with Crippen molar-refractivity contribution in [1.29, 1.82) is 0 Å². The Morgan fingerprint density at radius 3 is 2.48 bits per heavy atom. The molecule has 2 aromatic carbocycles. The molecule has 0 aliphatic carbocycles. The molecule has 27 heavy (non-hydrogen) atoms. The molecule has 1 atom stereocenters. The van der Waals surface area contributed by atoms with E-state index in [0.29, 0.717) is 6.42 Å². The van der Waals surface area contributed by atoms with E-state index < -0.39 is 6.04 Å². The highest BCUT2D eigenvalue weighted by Gasteiger charge is 2.37. The molecule has 0 radical (unpaired) electrons. The summed E-state index contributed by atoms with van der Waals surface area (Å²) in [6.07, 6.45) is 0.467. The Hall–Kier alpha value is -2.80. The number of carbonyl (C=O) groups is 3. The molecule has 0 aromatic heterocycles. The second-order valence-corrected chi connectivity index (χ2v) is 7.55. The molecule has 0 saturated carbocycles. The van der Waals surface area contributed by atoms with Crippen LogP contribution in [0.1, 0.15) is 11.1 Å². The number of hydrogen-bond donors (Lipinski definition) is 1. The predicted octanol–water partition coefficient (Wildman–Crippen LogP) is 3.12. The minimum atomic E-state index is -0.548. The molecule has 0 spiro atoms. The minimum Gasteiger partial charge on any atom is -0.339 e. The van der Waals surface area contributed by atoms with Crippen molar-refractivity contribution < 1.29 is 14.4 Å². The summed E-state index contributed by atoms with van der Waals surface area (Å²) in [4.78, 5) is 40.3. The highest BCUT2D eigenvalue weighted by Crippen LogP contribution is 2.23. The first kappa shape index (κ1) is 19.0. The molecule has 1 N–H and O–H groups in total. The van der Waals surface area contributed by atoms with Crippen LogP contribution in [0.4, 0.5) is 9.59 Å². The normalized spacial score (nSPS) is 16.4. The summed E-state index contributed by atoms with van der Waals surface area (Å²) in [6.45, 7) is 0.181. The van der Waals surface area contributed by atoms with Crippen molar-refractivity contribution in [2.24, 2.45) is 0 Å². The lowest BCUT2D eigenvalue weighted by atomic mass is 10.1. The van der Waals surface area contributed by atoms with Gasteiger partial charge in [-0.2, -0.15) is 0 Å². The van der Waals surface area contributed by atoms with Gasteiger partial charge in [-0.1, -0.05) is 42.5 Å². The molecule has 7 heteroatoms. The Morgan fingerprint density at radius 2 is 1.78 bits per heavy atom. The zero-order chi connectivity index (χ0) is 19.4. The van der Waals surface area contributed by atoms with E-state index in [-0.39, 0.29) is 23.7 Å². The Balaban J connectivity index is 1.67. The number of benzene rings is 2. The molecule has 0 bridgehead atoms. The summed E-state index contributed by atoms with van der Waals surface area (Å²) in [7, 11) is 3.39. The Labute approximate surface area is 162 Å². The van der Waals surface area contributed by atoms with Crippen molar-refractivity contribution in [3.63, 3.8) is 0 Å². The maximum Gasteiger partial charge on any atom is 0.325 e. The van der Waals surface area contributed by atoms with Crippen LogP contribution >= 0.6 is 11.8 Å². The molecule has 2 aromatic rings. The first-order chi connectivity index (χ1) is 12.9. The van der Waals surface area contributed by atoms with Gasteiger partial charge in [0.05, 0.1) is 6.54 Å². The van der Waals surface area contributed by atoms with Crippen molar-refractivity contribution >= 4 is 28.9 Å². The first-order valence-corrected chi connectivity index (χ1v) is 9.39. The third-order valence-electron chi connectivity index (χ3n) is 4.20. The number of thioether (sulfide) groups is 1. The first-order valence-electron chi connectivity index (χ1n) is 8.58. The fraction of sp³-hybridized carbons (Fsp3) is 0.250. The highest BCUT2D eigenvalue weighted by molar-refractivity contribution is 8.13. The van der Waals surface area contributed by atoms with Gasteiger partial charge in [-0.15, -0.1) is 0 Å². The maximum atomic E-state index is 12.7. The lowest BCUT2D eigenvalue weighted by Crippen LogP contribution is -2.32. The molecule has 3 rings (SSSR count). The van der Waals surface area contributed by atoms with E-state index in [1.807, 2.05) is 54.6 Å². The topological polar surface area (TPSA) is 69.7 Å². The summed E-state index contributed by atoms with van der Waals surface area (Å²) in [6, 6.07) is 16.0. The van der Waals surface area contributed by atoms with Crippen molar-refractivity contribution in [2.45, 2.75) is 23.9 Å². The molecule has 1 aliphatic rings. The predicted molar refractivity (Wildman–Crippen MR) is 104 cm³/mol. The fourth-order valence-electron chi connectivity index (χ4n) is 2.80. The van der Waals surface area contributed by atoms with E-state index in [2.05, 4.69) is 5.32 Å². The second kappa shape index (κ2) is 8.26. The van der Waals surface area contributed by atoms with E-state index in [1.165, 1.54) is 9.80 Å². The van der Waals surface area contributed by atoms with Gasteiger partial charge in [0.15, 0.2) is 0 Å². The zero-order valence-corrected chi connectivity index (χ0v) is 16.0. The van der Waals surface area contributed by atoms with E-state index in [0.717, 1.165) is 27.8 Å². The second-order valence-electron chi connectivity index (χ2n) is 6.53. The van der Waals surface area contributed by atoms with Gasteiger partial charge in [0, 0.05) is 25.4 Å². The fourth-order valence-corrected chi connectivity index (χ4v) is 3.54. The average Bonchev–Trinajstić information content (AvgIpc) is 2.90. The van der Waals surface area contributed by atoms with Crippen LogP contribution in [0.3, 0.4) is 0 Å². The van der Waals surface area contributed by atoms with Gasteiger partial charge in [-0.05, 0) is 35.0 Å². The van der Waals surface area contributed by atoms with Crippen LogP contribution < -0.4 is 5.32 Å². The van der Waals surface area contributed by atoms with Gasteiger partial charge in [0.2, 0.25) is 0 Å². The Bertz CT molecular complexity index is 855. The van der Waals surface area contributed by atoms with E-state index in [1.54, 1.807) is 14.1 Å². The minimum absolute atomic E-state index is 0.0786. The van der Waals surface area contributed by atoms with Crippen LogP contribution in [0.25, 0.3) is 0 Å². The molecule has 1 aliphatic heterocycles. The number of rotatable bonds is 5. The van der Waals surface area contributed by atoms with Gasteiger partial charge in [-0.3, -0.25) is 14.5 Å².